The van der Waals surface area contributed by atoms with Crippen LogP contribution in [0, 0.1) is 0 Å². The van der Waals surface area contributed by atoms with Crippen LogP contribution in [0.3, 0.4) is 0 Å². The van der Waals surface area contributed by atoms with Crippen LogP contribution in [0.15, 0.2) is 35.3 Å². The van der Waals surface area contributed by atoms with Gasteiger partial charge in [0.2, 0.25) is 0 Å². The van der Waals surface area contributed by atoms with E-state index in [1.165, 1.54) is 10.1 Å². The first-order chi connectivity index (χ1) is 10.9. The molecule has 1 aromatic heterocycles. The summed E-state index contributed by atoms with van der Waals surface area (Å²) >= 11 is 3.44. The number of nitrogens with one attached hydrogen (secondary N) is 2. The maximum absolute atomic E-state index is 10.4. The van der Waals surface area contributed by atoms with Gasteiger partial charge >= 0.3 is 0 Å². The second kappa shape index (κ2) is 8.04. The molecule has 1 heterocycles. The molecule has 4 nitrogen and oxygen atoms in total. The minimum Gasteiger partial charge on any atom is -0.386 e. The van der Waals surface area contributed by atoms with Gasteiger partial charge in [-0.3, -0.25) is 4.99 Å². The number of thioether (sulfide) groups is 1. The molecule has 0 aliphatic rings. The van der Waals surface area contributed by atoms with Crippen molar-refractivity contribution in [2.45, 2.75) is 24.7 Å². The lowest BCUT2D eigenvalue weighted by Gasteiger charge is -2.24. The standard InChI is InChI=1S/C17H25N3OS2/c1-17(2,22-4)11-20-16(18-3)19-10-13(21)15-9-12-7-5-6-8-14(12)23-15/h5-9,13,21H,10-11H2,1-4H3,(H2,18,19,20). The summed E-state index contributed by atoms with van der Waals surface area (Å²) in [7, 11) is 1.74. The minimum absolute atomic E-state index is 0.141. The van der Waals surface area contributed by atoms with Crippen LogP contribution in [0.1, 0.15) is 24.8 Å². The molecular formula is C17H25N3OS2. The average molecular weight is 352 g/mol. The van der Waals surface area contributed by atoms with Crippen molar-refractivity contribution in [2.24, 2.45) is 4.99 Å². The van der Waals surface area contributed by atoms with Gasteiger partial charge in [0.05, 0.1) is 0 Å². The molecule has 0 bridgehead atoms. The summed E-state index contributed by atoms with van der Waals surface area (Å²) < 4.78 is 1.34. The van der Waals surface area contributed by atoms with Gasteiger partial charge in [-0.05, 0) is 37.6 Å². The lowest BCUT2D eigenvalue weighted by atomic mass is 10.2. The Hall–Kier alpha value is -1.24. The Kier molecular flexibility index (Phi) is 6.33. The SMILES string of the molecule is CN=C(NCC(O)c1cc2ccccc2s1)NCC(C)(C)SC. The Morgan fingerprint density at radius 2 is 2.09 bits per heavy atom. The predicted octanol–water partition coefficient (Wildman–Crippen LogP) is 3.24. The number of guanidine groups is 1. The molecule has 126 valence electrons. The van der Waals surface area contributed by atoms with Gasteiger partial charge in [-0.1, -0.05) is 18.2 Å². The molecule has 1 aromatic carbocycles. The lowest BCUT2D eigenvalue weighted by molar-refractivity contribution is 0.184. The normalized spacial score (nSPS) is 14.0. The molecule has 0 radical (unpaired) electrons. The third-order valence-corrected chi connectivity index (χ3v) is 6.16. The fourth-order valence-corrected chi connectivity index (χ4v) is 3.32. The molecule has 0 fully saturated rings. The second-order valence-corrected chi connectivity index (χ2v) is 8.60. The van der Waals surface area contributed by atoms with Crippen molar-refractivity contribution in [3.63, 3.8) is 0 Å². The summed E-state index contributed by atoms with van der Waals surface area (Å²) in [5.41, 5.74) is 0. The van der Waals surface area contributed by atoms with Crippen LogP contribution in [-0.4, -0.2) is 42.2 Å². The summed E-state index contributed by atoms with van der Waals surface area (Å²) in [5, 5.41) is 18.1. The highest BCUT2D eigenvalue weighted by molar-refractivity contribution is 7.99. The Bertz CT molecular complexity index is 634. The quantitative estimate of drug-likeness (QED) is 0.552. The number of thiophene rings is 1. The molecule has 0 spiro atoms. The second-order valence-electron chi connectivity index (χ2n) is 5.97. The fourth-order valence-electron chi connectivity index (χ4n) is 2.05. The number of hydrogen-bond acceptors (Lipinski definition) is 4. The highest BCUT2D eigenvalue weighted by atomic mass is 32.2. The number of aliphatic hydroxyl groups is 1. The van der Waals surface area contributed by atoms with Crippen LogP contribution in [0.25, 0.3) is 10.1 Å². The van der Waals surface area contributed by atoms with E-state index in [0.717, 1.165) is 11.4 Å². The van der Waals surface area contributed by atoms with Gasteiger partial charge < -0.3 is 15.7 Å². The molecular weight excluding hydrogens is 326 g/mol. The van der Waals surface area contributed by atoms with E-state index >= 15 is 0 Å². The van der Waals surface area contributed by atoms with Gasteiger partial charge in [-0.15, -0.1) is 11.3 Å². The number of aliphatic hydroxyl groups excluding tert-OH is 1. The Balaban J connectivity index is 1.90. The average Bonchev–Trinajstić information content (AvgIpc) is 2.99. The molecule has 1 unspecified atom stereocenters. The number of rotatable bonds is 6. The zero-order valence-corrected chi connectivity index (χ0v) is 15.7. The Morgan fingerprint density at radius 3 is 2.74 bits per heavy atom. The molecule has 0 saturated heterocycles. The Morgan fingerprint density at radius 1 is 1.35 bits per heavy atom. The van der Waals surface area contributed by atoms with Crippen LogP contribution < -0.4 is 10.6 Å². The highest BCUT2D eigenvalue weighted by Crippen LogP contribution is 2.29. The van der Waals surface area contributed by atoms with Crippen molar-refractivity contribution in [2.75, 3.05) is 26.4 Å². The zero-order chi connectivity index (χ0) is 16.9. The summed E-state index contributed by atoms with van der Waals surface area (Å²) in [4.78, 5) is 5.18. The summed E-state index contributed by atoms with van der Waals surface area (Å²) in [6.45, 7) is 5.62. The summed E-state index contributed by atoms with van der Waals surface area (Å²) in [6.07, 6.45) is 1.56. The maximum Gasteiger partial charge on any atom is 0.191 e. The summed E-state index contributed by atoms with van der Waals surface area (Å²) in [6, 6.07) is 10.2. The first kappa shape index (κ1) is 18.1. The first-order valence-corrected chi connectivity index (χ1v) is 9.65. The van der Waals surface area contributed by atoms with Crippen molar-refractivity contribution in [3.05, 3.63) is 35.2 Å². The number of benzene rings is 1. The number of aliphatic imine (C=N–C) groups is 1. The molecule has 0 aliphatic heterocycles. The smallest absolute Gasteiger partial charge is 0.191 e. The van der Waals surface area contributed by atoms with Crippen molar-refractivity contribution < 1.29 is 5.11 Å². The van der Waals surface area contributed by atoms with Crippen molar-refractivity contribution in [3.8, 4) is 0 Å². The topological polar surface area (TPSA) is 56.7 Å². The molecule has 1 atom stereocenters. The van der Waals surface area contributed by atoms with E-state index in [1.807, 2.05) is 23.9 Å². The van der Waals surface area contributed by atoms with E-state index in [-0.39, 0.29) is 4.75 Å². The molecule has 6 heteroatoms. The van der Waals surface area contributed by atoms with Crippen molar-refractivity contribution in [1.29, 1.82) is 0 Å². The maximum atomic E-state index is 10.4. The molecule has 2 rings (SSSR count). The van der Waals surface area contributed by atoms with Crippen LogP contribution in [0.2, 0.25) is 0 Å². The largest absolute Gasteiger partial charge is 0.386 e. The Labute approximate surface area is 146 Å². The van der Waals surface area contributed by atoms with Gasteiger partial charge in [0.1, 0.15) is 6.10 Å². The van der Waals surface area contributed by atoms with E-state index in [2.05, 4.69) is 53.9 Å². The van der Waals surface area contributed by atoms with E-state index in [9.17, 15) is 5.11 Å². The monoisotopic (exact) mass is 351 g/mol. The van der Waals surface area contributed by atoms with Gasteiger partial charge in [0.15, 0.2) is 5.96 Å². The van der Waals surface area contributed by atoms with E-state index < -0.39 is 6.10 Å². The summed E-state index contributed by atoms with van der Waals surface area (Å²) in [5.74, 6) is 0.715. The minimum atomic E-state index is -0.542. The fraction of sp³-hybridized carbons (Fsp3) is 0.471. The number of fused-ring (bicyclic) bond motifs is 1. The van der Waals surface area contributed by atoms with Crippen LogP contribution >= 0.6 is 23.1 Å². The molecule has 23 heavy (non-hydrogen) atoms. The molecule has 3 N–H and O–H groups in total. The van der Waals surface area contributed by atoms with Crippen LogP contribution in [0.4, 0.5) is 0 Å². The highest BCUT2D eigenvalue weighted by Gasteiger charge is 2.17. The third-order valence-electron chi connectivity index (χ3n) is 3.69. The van der Waals surface area contributed by atoms with Crippen LogP contribution in [0.5, 0.6) is 0 Å². The number of hydrogen-bond donors (Lipinski definition) is 3. The first-order valence-electron chi connectivity index (χ1n) is 7.61. The molecule has 0 saturated carbocycles. The predicted molar refractivity (Wildman–Crippen MR) is 104 cm³/mol. The van der Waals surface area contributed by atoms with E-state index in [0.29, 0.717) is 12.5 Å². The number of nitrogens with zero attached hydrogens (tertiary/aromatic N) is 1. The molecule has 0 amide bonds. The van der Waals surface area contributed by atoms with E-state index in [1.54, 1.807) is 18.4 Å². The van der Waals surface area contributed by atoms with Gasteiger partial charge in [-0.25, -0.2) is 0 Å². The lowest BCUT2D eigenvalue weighted by Crippen LogP contribution is -2.44. The zero-order valence-electron chi connectivity index (χ0n) is 14.1. The van der Waals surface area contributed by atoms with Gasteiger partial charge in [-0.2, -0.15) is 11.8 Å². The van der Waals surface area contributed by atoms with Crippen molar-refractivity contribution in [1.82, 2.24) is 10.6 Å². The molecule has 2 aromatic rings. The van der Waals surface area contributed by atoms with Crippen LogP contribution in [-0.2, 0) is 0 Å². The molecule has 0 aliphatic carbocycles. The third kappa shape index (κ3) is 5.12. The van der Waals surface area contributed by atoms with Gasteiger partial charge in [0.25, 0.3) is 0 Å². The van der Waals surface area contributed by atoms with E-state index in [4.69, 9.17) is 0 Å². The van der Waals surface area contributed by atoms with Gasteiger partial charge in [0, 0.05) is 34.5 Å². The van der Waals surface area contributed by atoms with Crippen molar-refractivity contribution >= 4 is 39.1 Å².